The van der Waals surface area contributed by atoms with Crippen molar-refractivity contribution in [2.24, 2.45) is 0 Å². The van der Waals surface area contributed by atoms with E-state index >= 15 is 0 Å². The quantitative estimate of drug-likeness (QED) is 0.741. The van der Waals surface area contributed by atoms with Gasteiger partial charge in [0.05, 0.1) is 16.6 Å². The fourth-order valence-corrected chi connectivity index (χ4v) is 3.05. The van der Waals surface area contributed by atoms with Gasteiger partial charge in [-0.3, -0.25) is 0 Å². The minimum atomic E-state index is 0.544. The molecule has 0 unspecified atom stereocenters. The molecule has 15 heavy (non-hydrogen) atoms. The van der Waals surface area contributed by atoms with Crippen molar-refractivity contribution < 1.29 is 0 Å². The highest BCUT2D eigenvalue weighted by Gasteiger charge is 2.10. The summed E-state index contributed by atoms with van der Waals surface area (Å²) in [6, 6.07) is 0. The van der Waals surface area contributed by atoms with Crippen LogP contribution >= 0.6 is 22.9 Å². The molecule has 1 aliphatic heterocycles. The van der Waals surface area contributed by atoms with Gasteiger partial charge in [0.2, 0.25) is 0 Å². The number of halogens is 1. The van der Waals surface area contributed by atoms with Crippen LogP contribution in [-0.2, 0) is 12.3 Å². The molecular weight excluding hydrogens is 228 g/mol. The third kappa shape index (κ3) is 3.44. The smallest absolute Gasteiger partial charge is 0.0929 e. The van der Waals surface area contributed by atoms with Gasteiger partial charge >= 0.3 is 0 Å². The van der Waals surface area contributed by atoms with Gasteiger partial charge in [-0.15, -0.1) is 22.9 Å². The molecule has 0 bridgehead atoms. The summed E-state index contributed by atoms with van der Waals surface area (Å²) in [6.07, 6.45) is 5.11. The summed E-state index contributed by atoms with van der Waals surface area (Å²) < 4.78 is 0. The van der Waals surface area contributed by atoms with Crippen molar-refractivity contribution in [3.63, 3.8) is 0 Å². The molecule has 0 saturated carbocycles. The molecule has 84 valence electrons. The highest BCUT2D eigenvalue weighted by atomic mass is 35.5. The van der Waals surface area contributed by atoms with Crippen LogP contribution < -0.4 is 0 Å². The van der Waals surface area contributed by atoms with Crippen molar-refractivity contribution in [2.45, 2.75) is 31.6 Å². The Morgan fingerprint density at radius 1 is 1.40 bits per heavy atom. The molecule has 2 rings (SSSR count). The number of hydrogen-bond donors (Lipinski definition) is 0. The lowest BCUT2D eigenvalue weighted by Gasteiger charge is -2.13. The summed E-state index contributed by atoms with van der Waals surface area (Å²) >= 11 is 7.46. The second-order valence-corrected chi connectivity index (χ2v) is 5.23. The first kappa shape index (κ1) is 11.4. The van der Waals surface area contributed by atoms with Crippen LogP contribution in [0.4, 0.5) is 0 Å². The van der Waals surface area contributed by atoms with E-state index in [1.54, 1.807) is 11.3 Å². The minimum Gasteiger partial charge on any atom is -0.303 e. The maximum Gasteiger partial charge on any atom is 0.0929 e. The van der Waals surface area contributed by atoms with Crippen LogP contribution in [0.5, 0.6) is 0 Å². The summed E-state index contributed by atoms with van der Waals surface area (Å²) in [4.78, 5) is 7.01. The molecule has 0 amide bonds. The van der Waals surface area contributed by atoms with Gasteiger partial charge in [-0.1, -0.05) is 0 Å². The molecule has 0 radical (unpaired) electrons. The van der Waals surface area contributed by atoms with Gasteiger partial charge < -0.3 is 4.90 Å². The first-order valence-electron chi connectivity index (χ1n) is 5.60. The summed E-state index contributed by atoms with van der Waals surface area (Å²) in [5.41, 5.74) is 1.03. The molecule has 1 saturated heterocycles. The van der Waals surface area contributed by atoms with Crippen molar-refractivity contribution in [2.75, 3.05) is 19.6 Å². The summed E-state index contributed by atoms with van der Waals surface area (Å²) in [6.45, 7) is 3.82. The third-order valence-corrected chi connectivity index (χ3v) is 4.03. The van der Waals surface area contributed by atoms with E-state index in [9.17, 15) is 0 Å². The molecule has 0 N–H and O–H groups in total. The van der Waals surface area contributed by atoms with E-state index in [0.29, 0.717) is 5.88 Å². The molecule has 4 heteroatoms. The maximum atomic E-state index is 5.71. The summed E-state index contributed by atoms with van der Waals surface area (Å²) in [5.74, 6) is 0.544. The number of likely N-dealkylation sites (tertiary alicyclic amines) is 1. The largest absolute Gasteiger partial charge is 0.303 e. The predicted molar refractivity (Wildman–Crippen MR) is 65.7 cm³/mol. The second kappa shape index (κ2) is 5.83. The third-order valence-electron chi connectivity index (χ3n) is 2.80. The minimum absolute atomic E-state index is 0.544. The van der Waals surface area contributed by atoms with E-state index in [2.05, 4.69) is 15.3 Å². The number of aromatic nitrogens is 1. The monoisotopic (exact) mass is 244 g/mol. The normalized spacial score (nSPS) is 17.4. The number of alkyl halides is 1. The predicted octanol–water partition coefficient (Wildman–Crippen LogP) is 2.91. The van der Waals surface area contributed by atoms with Gasteiger partial charge in [-0.2, -0.15) is 0 Å². The van der Waals surface area contributed by atoms with Crippen molar-refractivity contribution in [3.05, 3.63) is 16.1 Å². The highest BCUT2D eigenvalue weighted by Crippen LogP contribution is 2.14. The first-order valence-corrected chi connectivity index (χ1v) is 7.01. The van der Waals surface area contributed by atoms with Crippen molar-refractivity contribution in [1.29, 1.82) is 0 Å². The zero-order chi connectivity index (χ0) is 10.5. The van der Waals surface area contributed by atoms with Crippen LogP contribution in [0.3, 0.4) is 0 Å². The Morgan fingerprint density at radius 2 is 2.20 bits per heavy atom. The van der Waals surface area contributed by atoms with E-state index in [-0.39, 0.29) is 0 Å². The van der Waals surface area contributed by atoms with Crippen LogP contribution in [-0.4, -0.2) is 29.5 Å². The Labute approximate surface area is 100 Å². The zero-order valence-electron chi connectivity index (χ0n) is 8.91. The van der Waals surface area contributed by atoms with Crippen LogP contribution in [0.2, 0.25) is 0 Å². The molecule has 1 aromatic rings. The van der Waals surface area contributed by atoms with E-state index < -0.39 is 0 Å². The van der Waals surface area contributed by atoms with Crippen molar-refractivity contribution >= 4 is 22.9 Å². The van der Waals surface area contributed by atoms with Gasteiger partial charge in [0.1, 0.15) is 0 Å². The van der Waals surface area contributed by atoms with Gasteiger partial charge in [0, 0.05) is 11.8 Å². The molecular formula is C11H17ClN2S. The number of hydrogen-bond acceptors (Lipinski definition) is 3. The van der Waals surface area contributed by atoms with Crippen LogP contribution in [0.1, 0.15) is 30.0 Å². The highest BCUT2D eigenvalue weighted by molar-refractivity contribution is 7.09. The van der Waals surface area contributed by atoms with Gasteiger partial charge in [-0.25, -0.2) is 4.98 Å². The molecule has 1 aliphatic rings. The summed E-state index contributed by atoms with van der Waals surface area (Å²) in [7, 11) is 0. The number of aryl methyl sites for hydroxylation is 1. The molecule has 0 aliphatic carbocycles. The van der Waals surface area contributed by atoms with Gasteiger partial charge in [0.15, 0.2) is 0 Å². The fraction of sp³-hybridized carbons (Fsp3) is 0.727. The number of thiazole rings is 1. The maximum absolute atomic E-state index is 5.71. The Bertz CT molecular complexity index is 295. The molecule has 0 spiro atoms. The van der Waals surface area contributed by atoms with Gasteiger partial charge in [0.25, 0.3) is 0 Å². The van der Waals surface area contributed by atoms with E-state index in [0.717, 1.165) is 12.1 Å². The Morgan fingerprint density at radius 3 is 2.87 bits per heavy atom. The molecule has 2 heterocycles. The van der Waals surface area contributed by atoms with Crippen molar-refractivity contribution in [3.8, 4) is 0 Å². The van der Waals surface area contributed by atoms with Gasteiger partial charge in [-0.05, 0) is 38.9 Å². The Hall–Kier alpha value is -0.120. The average Bonchev–Trinajstić information content (AvgIpc) is 2.88. The van der Waals surface area contributed by atoms with E-state index in [1.807, 2.05) is 0 Å². The standard InChI is InChI=1S/C11H17ClN2S/c12-8-10-9-15-11(13-10)4-3-7-14-5-1-2-6-14/h9H,1-8H2. The number of nitrogens with zero attached hydrogens (tertiary/aromatic N) is 2. The van der Waals surface area contributed by atoms with E-state index in [4.69, 9.17) is 11.6 Å². The lowest BCUT2D eigenvalue weighted by Crippen LogP contribution is -2.20. The molecule has 1 aromatic heterocycles. The summed E-state index contributed by atoms with van der Waals surface area (Å²) in [5, 5.41) is 3.31. The molecule has 1 fully saturated rings. The SMILES string of the molecule is ClCc1csc(CCCN2CCCC2)n1. The Balaban J connectivity index is 1.68. The lowest BCUT2D eigenvalue weighted by atomic mass is 10.3. The zero-order valence-corrected chi connectivity index (χ0v) is 10.5. The van der Waals surface area contributed by atoms with E-state index in [1.165, 1.54) is 43.9 Å². The second-order valence-electron chi connectivity index (χ2n) is 4.02. The van der Waals surface area contributed by atoms with Crippen LogP contribution in [0, 0.1) is 0 Å². The fourth-order valence-electron chi connectivity index (χ4n) is 1.99. The molecule has 0 aromatic carbocycles. The Kier molecular flexibility index (Phi) is 4.42. The van der Waals surface area contributed by atoms with Crippen LogP contribution in [0.15, 0.2) is 5.38 Å². The molecule has 0 atom stereocenters. The lowest BCUT2D eigenvalue weighted by molar-refractivity contribution is 0.334. The van der Waals surface area contributed by atoms with Crippen LogP contribution in [0.25, 0.3) is 0 Å². The average molecular weight is 245 g/mol. The topological polar surface area (TPSA) is 16.1 Å². The van der Waals surface area contributed by atoms with Crippen molar-refractivity contribution in [1.82, 2.24) is 9.88 Å². The first-order chi connectivity index (χ1) is 7.38. The molecule has 2 nitrogen and oxygen atoms in total. The number of rotatable bonds is 5.